The molecule has 5 nitrogen and oxygen atoms in total. The van der Waals surface area contributed by atoms with Gasteiger partial charge in [0.05, 0.1) is 5.92 Å². The van der Waals surface area contributed by atoms with Gasteiger partial charge in [0.2, 0.25) is 5.91 Å². The van der Waals surface area contributed by atoms with Gasteiger partial charge >= 0.3 is 5.97 Å². The van der Waals surface area contributed by atoms with Gasteiger partial charge in [0.15, 0.2) is 0 Å². The van der Waals surface area contributed by atoms with Crippen LogP contribution in [0.4, 0.5) is 0 Å². The molecule has 2 aromatic carbocycles. The van der Waals surface area contributed by atoms with E-state index in [4.69, 9.17) is 33.0 Å². The number of carbonyl (C=O) groups excluding carboxylic acids is 1. The molecule has 2 aromatic rings. The standard InChI is InChI=1S/C19H17Cl2NO4/c20-15-5-4-13(17(21)8-15)11-26-16-3-1-2-12(6-16)9-22-10-14(19(24)25)7-18(22)23/h1-6,8,14H,7,9-11H2,(H,24,25). The summed E-state index contributed by atoms with van der Waals surface area (Å²) >= 11 is 12.0. The summed E-state index contributed by atoms with van der Waals surface area (Å²) in [6.07, 6.45) is 0.0561. The van der Waals surface area contributed by atoms with Gasteiger partial charge in [0.25, 0.3) is 0 Å². The number of carbonyl (C=O) groups is 2. The van der Waals surface area contributed by atoms with E-state index < -0.39 is 11.9 Å². The van der Waals surface area contributed by atoms with E-state index in [1.807, 2.05) is 30.3 Å². The first-order valence-electron chi connectivity index (χ1n) is 8.08. The Bertz CT molecular complexity index is 840. The molecule has 136 valence electrons. The normalized spacial score (nSPS) is 16.8. The molecular formula is C19H17Cl2NO4. The summed E-state index contributed by atoms with van der Waals surface area (Å²) in [6, 6.07) is 12.6. The number of aliphatic carboxylic acids is 1. The van der Waals surface area contributed by atoms with Crippen LogP contribution in [0.5, 0.6) is 5.75 Å². The highest BCUT2D eigenvalue weighted by Crippen LogP contribution is 2.24. The van der Waals surface area contributed by atoms with Crippen LogP contribution in [0.3, 0.4) is 0 Å². The maximum Gasteiger partial charge on any atom is 0.308 e. The van der Waals surface area contributed by atoms with E-state index in [0.717, 1.165) is 11.1 Å². The fourth-order valence-corrected chi connectivity index (χ4v) is 3.31. The zero-order valence-corrected chi connectivity index (χ0v) is 15.3. The molecule has 0 spiro atoms. The second-order valence-corrected chi connectivity index (χ2v) is 7.03. The number of carboxylic acids is 1. The summed E-state index contributed by atoms with van der Waals surface area (Å²) in [7, 11) is 0. The monoisotopic (exact) mass is 393 g/mol. The van der Waals surface area contributed by atoms with Crippen LogP contribution >= 0.6 is 23.2 Å². The topological polar surface area (TPSA) is 66.8 Å². The number of carboxylic acid groups (broad SMARTS) is 1. The molecule has 0 aliphatic carbocycles. The molecule has 0 bridgehead atoms. The summed E-state index contributed by atoms with van der Waals surface area (Å²) in [5.74, 6) is -1.06. The summed E-state index contributed by atoms with van der Waals surface area (Å²) in [5, 5.41) is 10.2. The van der Waals surface area contributed by atoms with Crippen molar-refractivity contribution in [1.82, 2.24) is 4.90 Å². The van der Waals surface area contributed by atoms with Crippen molar-refractivity contribution in [3.05, 3.63) is 63.6 Å². The van der Waals surface area contributed by atoms with Crippen molar-refractivity contribution in [3.63, 3.8) is 0 Å². The van der Waals surface area contributed by atoms with Crippen LogP contribution in [0.1, 0.15) is 17.5 Å². The fraction of sp³-hybridized carbons (Fsp3) is 0.263. The molecule has 0 aromatic heterocycles. The van der Waals surface area contributed by atoms with Crippen LogP contribution in [-0.4, -0.2) is 28.4 Å². The van der Waals surface area contributed by atoms with Crippen LogP contribution in [0.25, 0.3) is 0 Å². The largest absolute Gasteiger partial charge is 0.489 e. The van der Waals surface area contributed by atoms with E-state index in [2.05, 4.69) is 0 Å². The maximum atomic E-state index is 12.0. The van der Waals surface area contributed by atoms with Crippen molar-refractivity contribution < 1.29 is 19.4 Å². The third-order valence-electron chi connectivity index (χ3n) is 4.25. The van der Waals surface area contributed by atoms with Gasteiger partial charge in [-0.1, -0.05) is 41.4 Å². The van der Waals surface area contributed by atoms with Gasteiger partial charge in [0, 0.05) is 35.1 Å². The molecule has 1 amide bonds. The van der Waals surface area contributed by atoms with Crippen LogP contribution in [0, 0.1) is 5.92 Å². The maximum absolute atomic E-state index is 12.0. The highest BCUT2D eigenvalue weighted by Gasteiger charge is 2.34. The lowest BCUT2D eigenvalue weighted by Crippen LogP contribution is -2.25. The molecular weight excluding hydrogens is 377 g/mol. The van der Waals surface area contributed by atoms with Gasteiger partial charge in [-0.2, -0.15) is 0 Å². The van der Waals surface area contributed by atoms with Crippen LogP contribution in [0.15, 0.2) is 42.5 Å². The van der Waals surface area contributed by atoms with Crippen molar-refractivity contribution in [2.45, 2.75) is 19.6 Å². The Kier molecular flexibility index (Phi) is 5.69. The first-order chi connectivity index (χ1) is 12.4. The number of rotatable bonds is 6. The van der Waals surface area contributed by atoms with Crippen molar-refractivity contribution >= 4 is 35.1 Å². The quantitative estimate of drug-likeness (QED) is 0.804. The van der Waals surface area contributed by atoms with Crippen LogP contribution in [0.2, 0.25) is 10.0 Å². The molecule has 1 heterocycles. The number of amides is 1. The number of hydrogen-bond donors (Lipinski definition) is 1. The lowest BCUT2D eigenvalue weighted by atomic mass is 10.1. The lowest BCUT2D eigenvalue weighted by Gasteiger charge is -2.17. The van der Waals surface area contributed by atoms with Crippen molar-refractivity contribution in [2.24, 2.45) is 5.92 Å². The molecule has 1 saturated heterocycles. The summed E-state index contributed by atoms with van der Waals surface area (Å²) < 4.78 is 5.78. The Morgan fingerprint density at radius 3 is 2.73 bits per heavy atom. The van der Waals surface area contributed by atoms with Crippen molar-refractivity contribution in [1.29, 1.82) is 0 Å². The van der Waals surface area contributed by atoms with Gasteiger partial charge < -0.3 is 14.7 Å². The van der Waals surface area contributed by atoms with E-state index in [1.165, 1.54) is 0 Å². The second-order valence-electron chi connectivity index (χ2n) is 6.19. The summed E-state index contributed by atoms with van der Waals surface area (Å²) in [5.41, 5.74) is 1.70. The number of likely N-dealkylation sites (tertiary alicyclic amines) is 1. The molecule has 1 fully saturated rings. The third-order valence-corrected chi connectivity index (χ3v) is 4.83. The van der Waals surface area contributed by atoms with Gasteiger partial charge in [-0.3, -0.25) is 9.59 Å². The van der Waals surface area contributed by atoms with Gasteiger partial charge in [-0.05, 0) is 29.8 Å². The van der Waals surface area contributed by atoms with E-state index in [1.54, 1.807) is 17.0 Å². The van der Waals surface area contributed by atoms with Gasteiger partial charge in [-0.25, -0.2) is 0 Å². The highest BCUT2D eigenvalue weighted by atomic mass is 35.5. The SMILES string of the molecule is O=C(O)C1CC(=O)N(Cc2cccc(OCc3ccc(Cl)cc3Cl)c2)C1. The number of nitrogens with zero attached hydrogens (tertiary/aromatic N) is 1. The number of halogens is 2. The Labute approximate surface area is 161 Å². The van der Waals surface area contributed by atoms with E-state index in [9.17, 15) is 9.59 Å². The first kappa shape index (κ1) is 18.5. The Morgan fingerprint density at radius 1 is 1.23 bits per heavy atom. The molecule has 1 unspecified atom stereocenters. The third kappa shape index (κ3) is 4.48. The average Bonchev–Trinajstić information content (AvgIpc) is 2.95. The molecule has 1 aliphatic rings. The minimum Gasteiger partial charge on any atom is -0.489 e. The van der Waals surface area contributed by atoms with Crippen LogP contribution in [-0.2, 0) is 22.7 Å². The molecule has 1 aliphatic heterocycles. The molecule has 7 heteroatoms. The van der Waals surface area contributed by atoms with Crippen molar-refractivity contribution in [3.8, 4) is 5.75 Å². The lowest BCUT2D eigenvalue weighted by molar-refractivity contribution is -0.141. The van der Waals surface area contributed by atoms with Crippen molar-refractivity contribution in [2.75, 3.05) is 6.54 Å². The fourth-order valence-electron chi connectivity index (χ4n) is 2.84. The molecule has 0 radical (unpaired) electrons. The molecule has 1 atom stereocenters. The summed E-state index contributed by atoms with van der Waals surface area (Å²) in [6.45, 7) is 0.893. The van der Waals surface area contributed by atoms with E-state index in [-0.39, 0.29) is 18.9 Å². The Hall–Kier alpha value is -2.24. The molecule has 1 N–H and O–H groups in total. The average molecular weight is 394 g/mol. The predicted octanol–water partition coefficient (Wildman–Crippen LogP) is 4.01. The zero-order valence-electron chi connectivity index (χ0n) is 13.8. The molecule has 26 heavy (non-hydrogen) atoms. The van der Waals surface area contributed by atoms with E-state index in [0.29, 0.717) is 28.9 Å². The Balaban J connectivity index is 1.63. The van der Waals surface area contributed by atoms with Gasteiger partial charge in [-0.15, -0.1) is 0 Å². The Morgan fingerprint density at radius 2 is 2.04 bits per heavy atom. The van der Waals surface area contributed by atoms with E-state index >= 15 is 0 Å². The number of hydrogen-bond acceptors (Lipinski definition) is 3. The first-order valence-corrected chi connectivity index (χ1v) is 8.84. The van der Waals surface area contributed by atoms with Crippen LogP contribution < -0.4 is 4.74 Å². The number of ether oxygens (including phenoxy) is 1. The number of benzene rings is 2. The summed E-state index contributed by atoms with van der Waals surface area (Å²) in [4.78, 5) is 24.6. The zero-order chi connectivity index (χ0) is 18.7. The predicted molar refractivity (Wildman–Crippen MR) is 98.4 cm³/mol. The molecule has 0 saturated carbocycles. The second kappa shape index (κ2) is 7.98. The minimum absolute atomic E-state index is 0.0561. The smallest absolute Gasteiger partial charge is 0.308 e. The minimum atomic E-state index is -0.933. The molecule has 3 rings (SSSR count). The van der Waals surface area contributed by atoms with Gasteiger partial charge in [0.1, 0.15) is 12.4 Å². The highest BCUT2D eigenvalue weighted by molar-refractivity contribution is 6.35.